The fourth-order valence-electron chi connectivity index (χ4n) is 2.23. The fourth-order valence-corrected chi connectivity index (χ4v) is 2.23. The van der Waals surface area contributed by atoms with Crippen molar-refractivity contribution in [1.29, 1.82) is 0 Å². The quantitative estimate of drug-likeness (QED) is 0.910. The first kappa shape index (κ1) is 14.3. The minimum absolute atomic E-state index is 0.295. The van der Waals surface area contributed by atoms with Crippen molar-refractivity contribution in [3.8, 4) is 11.5 Å². The maximum absolute atomic E-state index is 14.1. The number of hydrogen-bond donors (Lipinski definition) is 1. The van der Waals surface area contributed by atoms with E-state index in [9.17, 15) is 4.39 Å². The van der Waals surface area contributed by atoms with Crippen molar-refractivity contribution in [2.75, 3.05) is 14.2 Å². The number of nitrogens with two attached hydrogens (primary N) is 1. The molecule has 2 aromatic rings. The van der Waals surface area contributed by atoms with Gasteiger partial charge in [0.05, 0.1) is 32.0 Å². The Morgan fingerprint density at radius 1 is 1.30 bits per heavy atom. The number of rotatable bonds is 5. The molecule has 0 radical (unpaired) electrons. The molecule has 0 aliphatic heterocycles. The van der Waals surface area contributed by atoms with Crippen LogP contribution in [0.25, 0.3) is 0 Å². The minimum atomic E-state index is -0.719. The molecule has 1 aromatic carbocycles. The van der Waals surface area contributed by atoms with Gasteiger partial charge >= 0.3 is 0 Å². The van der Waals surface area contributed by atoms with E-state index in [1.165, 1.54) is 20.3 Å². The zero-order chi connectivity index (χ0) is 14.7. The van der Waals surface area contributed by atoms with Crippen LogP contribution in [0.4, 0.5) is 4.39 Å². The summed E-state index contributed by atoms with van der Waals surface area (Å²) in [5.41, 5.74) is 7.15. The number of hydrogen-bond acceptors (Lipinski definition) is 4. The molecule has 2 rings (SSSR count). The smallest absolute Gasteiger partial charge is 0.161 e. The van der Waals surface area contributed by atoms with Gasteiger partial charge in [0.15, 0.2) is 5.75 Å². The third-order valence-electron chi connectivity index (χ3n) is 3.20. The molecule has 108 valence electrons. The number of benzene rings is 1. The molecular formula is C14H18FN3O2. The number of methoxy groups -OCH3 is 2. The van der Waals surface area contributed by atoms with E-state index in [2.05, 4.69) is 5.10 Å². The molecule has 0 bridgehead atoms. The summed E-state index contributed by atoms with van der Waals surface area (Å²) in [5, 5.41) is 4.19. The molecule has 0 spiro atoms. The van der Waals surface area contributed by atoms with Crippen LogP contribution >= 0.6 is 0 Å². The van der Waals surface area contributed by atoms with Crippen molar-refractivity contribution in [3.05, 3.63) is 41.5 Å². The second-order valence-electron chi connectivity index (χ2n) is 4.25. The molecule has 0 amide bonds. The van der Waals surface area contributed by atoms with Crippen LogP contribution in [0, 0.1) is 5.82 Å². The maximum atomic E-state index is 14.1. The van der Waals surface area contributed by atoms with Gasteiger partial charge in [0.1, 0.15) is 17.3 Å². The second kappa shape index (κ2) is 5.92. The lowest BCUT2D eigenvalue weighted by molar-refractivity contribution is 0.392. The van der Waals surface area contributed by atoms with Crippen LogP contribution in [-0.4, -0.2) is 24.0 Å². The summed E-state index contributed by atoms with van der Waals surface area (Å²) in [6, 6.07) is 3.90. The van der Waals surface area contributed by atoms with Crippen LogP contribution in [0.2, 0.25) is 0 Å². The average molecular weight is 279 g/mol. The van der Waals surface area contributed by atoms with Crippen molar-refractivity contribution < 1.29 is 13.9 Å². The van der Waals surface area contributed by atoms with E-state index in [1.54, 1.807) is 23.0 Å². The Bertz CT molecular complexity index is 577. The summed E-state index contributed by atoms with van der Waals surface area (Å²) in [4.78, 5) is 0. The second-order valence-corrected chi connectivity index (χ2v) is 4.25. The van der Waals surface area contributed by atoms with Crippen molar-refractivity contribution >= 4 is 0 Å². The maximum Gasteiger partial charge on any atom is 0.161 e. The van der Waals surface area contributed by atoms with Crippen LogP contribution in [-0.2, 0) is 6.54 Å². The highest BCUT2D eigenvalue weighted by Gasteiger charge is 2.25. The first-order valence-electron chi connectivity index (χ1n) is 6.31. The van der Waals surface area contributed by atoms with Gasteiger partial charge in [0.2, 0.25) is 0 Å². The number of aryl methyl sites for hydroxylation is 1. The van der Waals surface area contributed by atoms with Gasteiger partial charge in [-0.1, -0.05) is 6.07 Å². The molecule has 0 aliphatic rings. The highest BCUT2D eigenvalue weighted by molar-refractivity contribution is 5.44. The molecule has 20 heavy (non-hydrogen) atoms. The van der Waals surface area contributed by atoms with E-state index in [0.717, 1.165) is 0 Å². The van der Waals surface area contributed by atoms with E-state index in [-0.39, 0.29) is 0 Å². The van der Waals surface area contributed by atoms with Crippen LogP contribution in [0.15, 0.2) is 24.4 Å². The van der Waals surface area contributed by atoms with E-state index in [0.29, 0.717) is 29.3 Å². The first-order valence-corrected chi connectivity index (χ1v) is 6.31. The molecule has 2 N–H and O–H groups in total. The van der Waals surface area contributed by atoms with Gasteiger partial charge in [-0.3, -0.25) is 4.68 Å². The van der Waals surface area contributed by atoms with Crippen molar-refractivity contribution in [3.63, 3.8) is 0 Å². The third-order valence-corrected chi connectivity index (χ3v) is 3.20. The third kappa shape index (κ3) is 2.34. The van der Waals surface area contributed by atoms with E-state index in [4.69, 9.17) is 15.2 Å². The van der Waals surface area contributed by atoms with Gasteiger partial charge in [-0.05, 0) is 19.1 Å². The van der Waals surface area contributed by atoms with Gasteiger partial charge < -0.3 is 15.2 Å². The van der Waals surface area contributed by atoms with Crippen molar-refractivity contribution in [2.24, 2.45) is 5.73 Å². The Balaban J connectivity index is 2.57. The molecule has 6 heteroatoms. The molecule has 0 saturated heterocycles. The summed E-state index contributed by atoms with van der Waals surface area (Å²) in [6.07, 6.45) is 1.58. The van der Waals surface area contributed by atoms with Crippen LogP contribution in [0.1, 0.15) is 24.2 Å². The van der Waals surface area contributed by atoms with E-state index in [1.807, 2.05) is 6.92 Å². The van der Waals surface area contributed by atoms with Crippen molar-refractivity contribution in [2.45, 2.75) is 19.5 Å². The highest BCUT2D eigenvalue weighted by Crippen LogP contribution is 2.34. The zero-order valence-corrected chi connectivity index (χ0v) is 11.8. The molecular weight excluding hydrogens is 261 g/mol. The standard InChI is InChI=1S/C14H18FN3O2/c1-4-18-14(11(20-3)8-17-18)13(16)12-9(15)6-5-7-10(12)19-2/h5-8,13H,4,16H2,1-3H3. The lowest BCUT2D eigenvalue weighted by Gasteiger charge is -2.18. The Kier molecular flexibility index (Phi) is 4.24. The minimum Gasteiger partial charge on any atom is -0.496 e. The molecule has 5 nitrogen and oxygen atoms in total. The summed E-state index contributed by atoms with van der Waals surface area (Å²) in [5.74, 6) is 0.524. The molecule has 1 atom stereocenters. The normalized spacial score (nSPS) is 12.2. The lowest BCUT2D eigenvalue weighted by atomic mass is 10.0. The molecule has 0 saturated carbocycles. The topological polar surface area (TPSA) is 62.3 Å². The molecule has 1 aromatic heterocycles. The van der Waals surface area contributed by atoms with E-state index < -0.39 is 11.9 Å². The number of halogens is 1. The van der Waals surface area contributed by atoms with Gasteiger partial charge in [-0.2, -0.15) is 5.10 Å². The molecule has 1 unspecified atom stereocenters. The SMILES string of the molecule is CCn1ncc(OC)c1C(N)c1c(F)cccc1OC. The largest absolute Gasteiger partial charge is 0.496 e. The lowest BCUT2D eigenvalue weighted by Crippen LogP contribution is -2.20. The molecule has 0 fully saturated rings. The average Bonchev–Trinajstić information content (AvgIpc) is 2.89. The van der Waals surface area contributed by atoms with Gasteiger partial charge in [0.25, 0.3) is 0 Å². The summed E-state index contributed by atoms with van der Waals surface area (Å²) in [7, 11) is 3.02. The van der Waals surface area contributed by atoms with Crippen LogP contribution in [0.3, 0.4) is 0 Å². The van der Waals surface area contributed by atoms with E-state index >= 15 is 0 Å². The Morgan fingerprint density at radius 3 is 2.60 bits per heavy atom. The molecule has 1 heterocycles. The Labute approximate surface area is 117 Å². The highest BCUT2D eigenvalue weighted by atomic mass is 19.1. The van der Waals surface area contributed by atoms with Gasteiger partial charge in [-0.15, -0.1) is 0 Å². The van der Waals surface area contributed by atoms with Gasteiger partial charge in [0, 0.05) is 6.54 Å². The summed E-state index contributed by atoms with van der Waals surface area (Å²) >= 11 is 0. The van der Waals surface area contributed by atoms with Crippen LogP contribution < -0.4 is 15.2 Å². The number of aromatic nitrogens is 2. The summed E-state index contributed by atoms with van der Waals surface area (Å²) in [6.45, 7) is 2.55. The predicted octanol–water partition coefficient (Wildman–Crippen LogP) is 2.11. The Hall–Kier alpha value is -2.08. The fraction of sp³-hybridized carbons (Fsp3) is 0.357. The first-order chi connectivity index (χ1) is 9.63. The zero-order valence-electron chi connectivity index (χ0n) is 11.8. The predicted molar refractivity (Wildman–Crippen MR) is 73.4 cm³/mol. The summed E-state index contributed by atoms with van der Waals surface area (Å²) < 4.78 is 26.3. The van der Waals surface area contributed by atoms with Crippen LogP contribution in [0.5, 0.6) is 11.5 Å². The van der Waals surface area contributed by atoms with Crippen molar-refractivity contribution in [1.82, 2.24) is 9.78 Å². The number of ether oxygens (including phenoxy) is 2. The monoisotopic (exact) mass is 279 g/mol. The molecule has 0 aliphatic carbocycles. The number of nitrogens with zero attached hydrogens (tertiary/aromatic N) is 2. The van der Waals surface area contributed by atoms with Gasteiger partial charge in [-0.25, -0.2) is 4.39 Å². The Morgan fingerprint density at radius 2 is 2.00 bits per heavy atom.